The number of carboxylic acids is 1. The summed E-state index contributed by atoms with van der Waals surface area (Å²) in [7, 11) is 0. The van der Waals surface area contributed by atoms with Gasteiger partial charge in [0.25, 0.3) is 5.91 Å². The Hall–Kier alpha value is -3.95. The van der Waals surface area contributed by atoms with Crippen molar-refractivity contribution in [2.75, 3.05) is 16.4 Å². The third kappa shape index (κ3) is 6.18. The normalized spacial score (nSPS) is 10.6. The molecular weight excluding hydrogens is 494 g/mol. The van der Waals surface area contributed by atoms with Crippen molar-refractivity contribution in [1.82, 2.24) is 4.98 Å². The average Bonchev–Trinajstić information content (AvgIpc) is 3.23. The number of rotatable bonds is 8. The molecule has 1 aromatic heterocycles. The number of aromatic nitrogens is 1. The van der Waals surface area contributed by atoms with Crippen LogP contribution in [0.15, 0.2) is 77.7 Å². The van der Waals surface area contributed by atoms with E-state index < -0.39 is 11.9 Å². The summed E-state index contributed by atoms with van der Waals surface area (Å²) >= 11 is 2.75. The van der Waals surface area contributed by atoms with Gasteiger partial charge in [-0.3, -0.25) is 9.59 Å². The lowest BCUT2D eigenvalue weighted by atomic mass is 10.1. The standard InChI is InChI=1S/C27H23N3O4S2/c1-16-10-12-18(13-11-16)24-17(2)36-27(30-24)29-23(31)15-35-20-7-5-6-19(14-20)28-25(32)21-8-3-4-9-22(21)26(33)34/h3-14H,15H2,1-2H3,(H,28,32)(H,33,34)(H,29,30,31). The minimum atomic E-state index is -1.17. The van der Waals surface area contributed by atoms with Crippen LogP contribution in [-0.2, 0) is 4.79 Å². The molecule has 0 saturated carbocycles. The van der Waals surface area contributed by atoms with Crippen molar-refractivity contribution >= 4 is 51.7 Å². The Morgan fingerprint density at radius 3 is 2.36 bits per heavy atom. The summed E-state index contributed by atoms with van der Waals surface area (Å²) in [4.78, 5) is 42.9. The van der Waals surface area contributed by atoms with Crippen LogP contribution in [0.1, 0.15) is 31.2 Å². The van der Waals surface area contributed by atoms with E-state index in [2.05, 4.69) is 15.6 Å². The Labute approximate surface area is 216 Å². The van der Waals surface area contributed by atoms with Crippen LogP contribution < -0.4 is 10.6 Å². The van der Waals surface area contributed by atoms with Crippen LogP contribution in [0.2, 0.25) is 0 Å². The van der Waals surface area contributed by atoms with Crippen LogP contribution in [0.5, 0.6) is 0 Å². The molecule has 3 N–H and O–H groups in total. The molecule has 0 bridgehead atoms. The zero-order chi connectivity index (χ0) is 25.7. The van der Waals surface area contributed by atoms with Crippen molar-refractivity contribution in [3.8, 4) is 11.3 Å². The number of nitrogens with zero attached hydrogens (tertiary/aromatic N) is 1. The Kier molecular flexibility index (Phi) is 7.82. The molecule has 1 heterocycles. The van der Waals surface area contributed by atoms with E-state index in [1.165, 1.54) is 40.8 Å². The molecule has 182 valence electrons. The second-order valence-electron chi connectivity index (χ2n) is 7.96. The van der Waals surface area contributed by atoms with Gasteiger partial charge < -0.3 is 15.7 Å². The van der Waals surface area contributed by atoms with Gasteiger partial charge in [0.15, 0.2) is 5.13 Å². The second-order valence-corrected chi connectivity index (χ2v) is 10.2. The fourth-order valence-electron chi connectivity index (χ4n) is 3.46. The molecule has 3 aromatic carbocycles. The molecule has 4 aromatic rings. The smallest absolute Gasteiger partial charge is 0.336 e. The van der Waals surface area contributed by atoms with Crippen LogP contribution in [0.25, 0.3) is 11.3 Å². The Balaban J connectivity index is 1.36. The van der Waals surface area contributed by atoms with E-state index in [0.717, 1.165) is 21.0 Å². The van der Waals surface area contributed by atoms with Gasteiger partial charge in [-0.15, -0.1) is 23.1 Å². The first-order valence-electron chi connectivity index (χ1n) is 11.0. The second kappa shape index (κ2) is 11.2. The summed E-state index contributed by atoms with van der Waals surface area (Å²) in [6.45, 7) is 4.01. The van der Waals surface area contributed by atoms with E-state index >= 15 is 0 Å². The molecule has 0 atom stereocenters. The maximum absolute atomic E-state index is 12.6. The SMILES string of the molecule is Cc1ccc(-c2nc(NC(=O)CSc3cccc(NC(=O)c4ccccc4C(=O)O)c3)sc2C)cc1. The number of hydrogen-bond acceptors (Lipinski definition) is 6. The Bertz CT molecular complexity index is 1430. The number of thioether (sulfide) groups is 1. The number of aryl methyl sites for hydroxylation is 2. The molecule has 0 saturated heterocycles. The maximum Gasteiger partial charge on any atom is 0.336 e. The fourth-order valence-corrected chi connectivity index (χ4v) is 5.07. The quantitative estimate of drug-likeness (QED) is 0.243. The van der Waals surface area contributed by atoms with Crippen LogP contribution in [0, 0.1) is 13.8 Å². The zero-order valence-electron chi connectivity index (χ0n) is 19.6. The first-order valence-corrected chi connectivity index (χ1v) is 12.8. The highest BCUT2D eigenvalue weighted by atomic mass is 32.2. The number of carbonyl (C=O) groups is 3. The van der Waals surface area contributed by atoms with Crippen molar-refractivity contribution in [2.24, 2.45) is 0 Å². The molecule has 9 heteroatoms. The molecule has 0 unspecified atom stereocenters. The van der Waals surface area contributed by atoms with E-state index in [1.807, 2.05) is 44.2 Å². The molecule has 2 amide bonds. The summed E-state index contributed by atoms with van der Waals surface area (Å²) in [5, 5.41) is 15.4. The van der Waals surface area contributed by atoms with E-state index in [-0.39, 0.29) is 22.8 Å². The van der Waals surface area contributed by atoms with Crippen LogP contribution in [0.4, 0.5) is 10.8 Å². The highest BCUT2D eigenvalue weighted by Gasteiger charge is 2.16. The molecule has 0 spiro atoms. The summed E-state index contributed by atoms with van der Waals surface area (Å²) in [6.07, 6.45) is 0. The van der Waals surface area contributed by atoms with Crippen LogP contribution in [-0.4, -0.2) is 33.6 Å². The van der Waals surface area contributed by atoms with E-state index in [9.17, 15) is 19.5 Å². The van der Waals surface area contributed by atoms with E-state index in [4.69, 9.17) is 0 Å². The first kappa shape index (κ1) is 25.2. The number of aromatic carboxylic acids is 1. The van der Waals surface area contributed by atoms with Crippen molar-refractivity contribution in [1.29, 1.82) is 0 Å². The molecule has 0 fully saturated rings. The number of thiazole rings is 1. The van der Waals surface area contributed by atoms with Gasteiger partial charge in [0, 0.05) is 21.0 Å². The van der Waals surface area contributed by atoms with Gasteiger partial charge in [-0.2, -0.15) is 0 Å². The van der Waals surface area contributed by atoms with Crippen molar-refractivity contribution < 1.29 is 19.5 Å². The molecule has 4 rings (SSSR count). The monoisotopic (exact) mass is 517 g/mol. The van der Waals surface area contributed by atoms with Crippen LogP contribution >= 0.6 is 23.1 Å². The Morgan fingerprint density at radius 2 is 1.64 bits per heavy atom. The lowest BCUT2D eigenvalue weighted by Crippen LogP contribution is -2.16. The zero-order valence-corrected chi connectivity index (χ0v) is 21.2. The third-order valence-electron chi connectivity index (χ3n) is 5.23. The molecule has 0 aliphatic rings. The summed E-state index contributed by atoms with van der Waals surface area (Å²) in [5.41, 5.74) is 3.55. The van der Waals surface area contributed by atoms with Gasteiger partial charge in [-0.25, -0.2) is 9.78 Å². The number of carboxylic acid groups (broad SMARTS) is 1. The van der Waals surface area contributed by atoms with Crippen molar-refractivity contribution in [3.63, 3.8) is 0 Å². The van der Waals surface area contributed by atoms with Gasteiger partial charge in [0.1, 0.15) is 0 Å². The highest BCUT2D eigenvalue weighted by molar-refractivity contribution is 8.00. The molecule has 7 nitrogen and oxygen atoms in total. The topological polar surface area (TPSA) is 108 Å². The van der Waals surface area contributed by atoms with Gasteiger partial charge >= 0.3 is 5.97 Å². The Morgan fingerprint density at radius 1 is 0.917 bits per heavy atom. The number of amides is 2. The predicted octanol–water partition coefficient (Wildman–Crippen LogP) is 6.11. The number of nitrogens with one attached hydrogen (secondary N) is 2. The predicted molar refractivity (Wildman–Crippen MR) is 144 cm³/mol. The first-order chi connectivity index (χ1) is 17.3. The van der Waals surface area contributed by atoms with Gasteiger partial charge in [0.05, 0.1) is 22.6 Å². The number of hydrogen-bond donors (Lipinski definition) is 3. The van der Waals surface area contributed by atoms with Gasteiger partial charge in [0.2, 0.25) is 5.91 Å². The molecule has 0 radical (unpaired) electrons. The van der Waals surface area contributed by atoms with Crippen molar-refractivity contribution in [2.45, 2.75) is 18.7 Å². The third-order valence-corrected chi connectivity index (χ3v) is 7.11. The van der Waals surface area contributed by atoms with Gasteiger partial charge in [-0.05, 0) is 44.2 Å². The minimum Gasteiger partial charge on any atom is -0.478 e. The lowest BCUT2D eigenvalue weighted by molar-refractivity contribution is -0.113. The minimum absolute atomic E-state index is 0.0693. The molecule has 36 heavy (non-hydrogen) atoms. The maximum atomic E-state index is 12.6. The summed E-state index contributed by atoms with van der Waals surface area (Å²) < 4.78 is 0. The summed E-state index contributed by atoms with van der Waals surface area (Å²) in [5.74, 6) is -1.71. The van der Waals surface area contributed by atoms with Gasteiger partial charge in [-0.1, -0.05) is 48.0 Å². The average molecular weight is 518 g/mol. The van der Waals surface area contributed by atoms with E-state index in [1.54, 1.807) is 30.3 Å². The molecule has 0 aliphatic heterocycles. The summed E-state index contributed by atoms with van der Waals surface area (Å²) in [6, 6.07) is 21.2. The molecule has 0 aliphatic carbocycles. The number of anilines is 2. The fraction of sp³-hybridized carbons (Fsp3) is 0.111. The van der Waals surface area contributed by atoms with Crippen LogP contribution in [0.3, 0.4) is 0 Å². The number of carbonyl (C=O) groups excluding carboxylic acids is 2. The molecular formula is C27H23N3O4S2. The lowest BCUT2D eigenvalue weighted by Gasteiger charge is -2.09. The number of benzene rings is 3. The highest BCUT2D eigenvalue weighted by Crippen LogP contribution is 2.31. The van der Waals surface area contributed by atoms with Crippen molar-refractivity contribution in [3.05, 3.63) is 94.4 Å². The van der Waals surface area contributed by atoms with E-state index in [0.29, 0.717) is 10.8 Å². The largest absolute Gasteiger partial charge is 0.478 e.